The van der Waals surface area contributed by atoms with Gasteiger partial charge in [0.05, 0.1) is 11.4 Å². The summed E-state index contributed by atoms with van der Waals surface area (Å²) in [5.41, 5.74) is 0.820. The summed E-state index contributed by atoms with van der Waals surface area (Å²) in [5.74, 6) is -1.22. The number of nitrogens with zero attached hydrogens (tertiary/aromatic N) is 1. The molecule has 2 amide bonds. The third-order valence-electron chi connectivity index (χ3n) is 3.28. The molecule has 0 spiro atoms. The summed E-state index contributed by atoms with van der Waals surface area (Å²) in [7, 11) is 0. The van der Waals surface area contributed by atoms with Crippen molar-refractivity contribution >= 4 is 40.1 Å². The number of amidine groups is 1. The van der Waals surface area contributed by atoms with E-state index in [1.807, 2.05) is 30.3 Å². The first kappa shape index (κ1) is 16.2. The Morgan fingerprint density at radius 1 is 1.17 bits per heavy atom. The van der Waals surface area contributed by atoms with Crippen LogP contribution in [0.15, 0.2) is 59.6 Å². The molecule has 122 valence electrons. The maximum absolute atomic E-state index is 13.5. The van der Waals surface area contributed by atoms with Crippen LogP contribution in [0.5, 0.6) is 0 Å². The van der Waals surface area contributed by atoms with Gasteiger partial charge in [-0.15, -0.1) is 0 Å². The van der Waals surface area contributed by atoms with E-state index in [9.17, 15) is 14.0 Å². The molecule has 1 aliphatic rings. The van der Waals surface area contributed by atoms with Gasteiger partial charge in [-0.05, 0) is 24.3 Å². The van der Waals surface area contributed by atoms with Crippen LogP contribution in [-0.2, 0) is 9.59 Å². The van der Waals surface area contributed by atoms with Crippen molar-refractivity contribution in [2.75, 3.05) is 5.32 Å². The van der Waals surface area contributed by atoms with Gasteiger partial charge >= 0.3 is 0 Å². The monoisotopic (exact) mass is 343 g/mol. The van der Waals surface area contributed by atoms with E-state index in [1.165, 1.54) is 30.0 Å². The Hall–Kier alpha value is -2.67. The average Bonchev–Trinajstić information content (AvgIpc) is 2.90. The molecule has 1 atom stereocenters. The fourth-order valence-electron chi connectivity index (χ4n) is 2.14. The van der Waals surface area contributed by atoms with Crippen LogP contribution in [0.4, 0.5) is 15.8 Å². The summed E-state index contributed by atoms with van der Waals surface area (Å²) in [5, 5.41) is 5.00. The Labute approximate surface area is 142 Å². The highest BCUT2D eigenvalue weighted by Gasteiger charge is 2.32. The molecule has 24 heavy (non-hydrogen) atoms. The van der Waals surface area contributed by atoms with Crippen LogP contribution >= 0.6 is 11.8 Å². The second kappa shape index (κ2) is 7.27. The molecule has 0 aromatic heterocycles. The number of amides is 2. The van der Waals surface area contributed by atoms with Gasteiger partial charge in [0.1, 0.15) is 11.1 Å². The summed E-state index contributed by atoms with van der Waals surface area (Å²) in [6.07, 6.45) is -0.0569. The number of para-hydroxylation sites is 2. The molecule has 7 heteroatoms. The Bertz CT molecular complexity index is 795. The molecular formula is C17H14FN3O2S. The van der Waals surface area contributed by atoms with Gasteiger partial charge in [-0.1, -0.05) is 42.1 Å². The van der Waals surface area contributed by atoms with E-state index in [2.05, 4.69) is 15.6 Å². The lowest BCUT2D eigenvalue weighted by Gasteiger charge is -2.08. The molecule has 1 aliphatic heterocycles. The predicted octanol–water partition coefficient (Wildman–Crippen LogP) is 3.07. The lowest BCUT2D eigenvalue weighted by atomic mass is 10.2. The van der Waals surface area contributed by atoms with Gasteiger partial charge in [-0.25, -0.2) is 9.38 Å². The van der Waals surface area contributed by atoms with E-state index in [0.29, 0.717) is 5.17 Å². The van der Waals surface area contributed by atoms with Crippen molar-refractivity contribution in [2.45, 2.75) is 11.7 Å². The smallest absolute Gasteiger partial charge is 0.240 e. The minimum absolute atomic E-state index is 0.0569. The topological polar surface area (TPSA) is 70.6 Å². The van der Waals surface area contributed by atoms with Crippen molar-refractivity contribution in [3.05, 3.63) is 60.4 Å². The molecule has 1 saturated heterocycles. The van der Waals surface area contributed by atoms with Gasteiger partial charge in [0, 0.05) is 6.42 Å². The van der Waals surface area contributed by atoms with E-state index >= 15 is 0 Å². The highest BCUT2D eigenvalue weighted by molar-refractivity contribution is 8.15. The van der Waals surface area contributed by atoms with E-state index in [0.717, 1.165) is 5.69 Å². The second-order valence-corrected chi connectivity index (χ2v) is 6.27. The number of halogens is 1. The number of thioether (sulfide) groups is 1. The van der Waals surface area contributed by atoms with Crippen LogP contribution < -0.4 is 10.6 Å². The Morgan fingerprint density at radius 2 is 1.88 bits per heavy atom. The first-order valence-electron chi connectivity index (χ1n) is 7.27. The molecular weight excluding hydrogens is 329 g/mol. The molecule has 2 N–H and O–H groups in total. The normalized spacial score (nSPS) is 18.5. The van der Waals surface area contributed by atoms with E-state index in [-0.39, 0.29) is 18.0 Å². The molecule has 2 aromatic rings. The standard InChI is InChI=1S/C17H14FN3O2S/c18-12-8-4-5-9-13(12)20-15(22)10-14-16(23)21-17(24-14)19-11-6-2-1-3-7-11/h1-9,14H,10H2,(H,20,22)(H,19,21,23). The molecule has 2 aromatic carbocycles. The Morgan fingerprint density at radius 3 is 2.62 bits per heavy atom. The highest BCUT2D eigenvalue weighted by Crippen LogP contribution is 2.25. The summed E-state index contributed by atoms with van der Waals surface area (Å²) < 4.78 is 13.5. The molecule has 1 unspecified atom stereocenters. The van der Waals surface area contributed by atoms with Gasteiger partial charge in [0.25, 0.3) is 0 Å². The van der Waals surface area contributed by atoms with Crippen molar-refractivity contribution in [1.29, 1.82) is 0 Å². The number of carbonyl (C=O) groups excluding carboxylic acids is 2. The summed E-state index contributed by atoms with van der Waals surface area (Å²) in [6.45, 7) is 0. The molecule has 3 rings (SSSR count). The van der Waals surface area contributed by atoms with Gasteiger partial charge in [0.15, 0.2) is 5.17 Å². The Kier molecular flexibility index (Phi) is 4.90. The number of carbonyl (C=O) groups is 2. The van der Waals surface area contributed by atoms with Gasteiger partial charge < -0.3 is 10.6 Å². The first-order chi connectivity index (χ1) is 11.6. The average molecular weight is 343 g/mol. The van der Waals surface area contributed by atoms with Crippen LogP contribution in [0, 0.1) is 5.82 Å². The number of nitrogens with one attached hydrogen (secondary N) is 2. The fraction of sp³-hybridized carbons (Fsp3) is 0.118. The quantitative estimate of drug-likeness (QED) is 0.896. The van der Waals surface area contributed by atoms with Crippen molar-refractivity contribution in [1.82, 2.24) is 5.32 Å². The zero-order valence-electron chi connectivity index (χ0n) is 12.5. The van der Waals surface area contributed by atoms with Gasteiger partial charge in [-0.3, -0.25) is 9.59 Å². The third-order valence-corrected chi connectivity index (χ3v) is 4.36. The molecule has 0 aliphatic carbocycles. The lowest BCUT2D eigenvalue weighted by Crippen LogP contribution is -2.28. The fourth-order valence-corrected chi connectivity index (χ4v) is 3.13. The van der Waals surface area contributed by atoms with Gasteiger partial charge in [0.2, 0.25) is 11.8 Å². The molecule has 0 saturated carbocycles. The third kappa shape index (κ3) is 3.99. The number of hydrogen-bond donors (Lipinski definition) is 2. The van der Waals surface area contributed by atoms with Crippen LogP contribution in [0.2, 0.25) is 0 Å². The molecule has 5 nitrogen and oxygen atoms in total. The number of anilines is 1. The van der Waals surface area contributed by atoms with E-state index in [4.69, 9.17) is 0 Å². The van der Waals surface area contributed by atoms with Crippen LogP contribution in [0.25, 0.3) is 0 Å². The number of hydrogen-bond acceptors (Lipinski definition) is 4. The Balaban J connectivity index is 1.62. The summed E-state index contributed by atoms with van der Waals surface area (Å²) in [4.78, 5) is 28.3. The maximum atomic E-state index is 13.5. The first-order valence-corrected chi connectivity index (χ1v) is 8.15. The molecule has 0 radical (unpaired) electrons. The number of aliphatic imine (C=N–C) groups is 1. The number of benzene rings is 2. The minimum atomic E-state index is -0.584. The van der Waals surface area contributed by atoms with Crippen LogP contribution in [0.1, 0.15) is 6.42 Å². The highest BCUT2D eigenvalue weighted by atomic mass is 32.2. The van der Waals surface area contributed by atoms with Gasteiger partial charge in [-0.2, -0.15) is 0 Å². The number of rotatable bonds is 4. The molecule has 1 fully saturated rings. The second-order valence-electron chi connectivity index (χ2n) is 5.08. The van der Waals surface area contributed by atoms with E-state index in [1.54, 1.807) is 6.07 Å². The molecule has 1 heterocycles. The minimum Gasteiger partial charge on any atom is -0.324 e. The largest absolute Gasteiger partial charge is 0.324 e. The van der Waals surface area contributed by atoms with Crippen molar-refractivity contribution in [3.8, 4) is 0 Å². The van der Waals surface area contributed by atoms with Crippen LogP contribution in [0.3, 0.4) is 0 Å². The predicted molar refractivity (Wildman–Crippen MR) is 92.7 cm³/mol. The zero-order chi connectivity index (χ0) is 16.9. The van der Waals surface area contributed by atoms with Crippen LogP contribution in [-0.4, -0.2) is 22.2 Å². The van der Waals surface area contributed by atoms with Crippen molar-refractivity contribution in [2.24, 2.45) is 4.99 Å². The lowest BCUT2D eigenvalue weighted by molar-refractivity contribution is -0.122. The summed E-state index contributed by atoms with van der Waals surface area (Å²) in [6, 6.07) is 15.1. The molecule has 0 bridgehead atoms. The van der Waals surface area contributed by atoms with Crippen molar-refractivity contribution in [3.63, 3.8) is 0 Å². The SMILES string of the molecule is O=C(CC1SC(=Nc2ccccc2)NC1=O)Nc1ccccc1F. The summed E-state index contributed by atoms with van der Waals surface area (Å²) >= 11 is 1.19. The zero-order valence-corrected chi connectivity index (χ0v) is 13.3. The maximum Gasteiger partial charge on any atom is 0.240 e. The van der Waals surface area contributed by atoms with Crippen molar-refractivity contribution < 1.29 is 14.0 Å². The van der Waals surface area contributed by atoms with E-state index < -0.39 is 17.0 Å².